The zero-order valence-corrected chi connectivity index (χ0v) is 11.8. The fourth-order valence-corrected chi connectivity index (χ4v) is 3.04. The van der Waals surface area contributed by atoms with Crippen molar-refractivity contribution in [3.05, 3.63) is 64.2 Å². The van der Waals surface area contributed by atoms with Gasteiger partial charge in [-0.25, -0.2) is 0 Å². The summed E-state index contributed by atoms with van der Waals surface area (Å²) in [6.45, 7) is 0. The highest BCUT2D eigenvalue weighted by Crippen LogP contribution is 2.31. The molecule has 1 nitrogen and oxygen atoms in total. The van der Waals surface area contributed by atoms with Crippen molar-refractivity contribution in [1.29, 1.82) is 0 Å². The van der Waals surface area contributed by atoms with Crippen molar-refractivity contribution in [2.24, 2.45) is 5.92 Å². The van der Waals surface area contributed by atoms with Crippen molar-refractivity contribution in [3.63, 3.8) is 0 Å². The zero-order valence-electron chi connectivity index (χ0n) is 11.0. The maximum absolute atomic E-state index is 5.92. The molecule has 1 atom stereocenters. The maximum atomic E-state index is 5.92. The Morgan fingerprint density at radius 2 is 1.79 bits per heavy atom. The predicted octanol–water partition coefficient (Wildman–Crippen LogP) is 4.31. The first kappa shape index (κ1) is 12.6. The summed E-state index contributed by atoms with van der Waals surface area (Å²) in [6.07, 6.45) is 3.44. The van der Waals surface area contributed by atoms with E-state index < -0.39 is 0 Å². The molecular formula is C17H17ClO. The van der Waals surface area contributed by atoms with E-state index in [0.717, 1.165) is 23.6 Å². The van der Waals surface area contributed by atoms with Gasteiger partial charge in [0.1, 0.15) is 5.75 Å². The van der Waals surface area contributed by atoms with E-state index in [-0.39, 0.29) is 0 Å². The fourth-order valence-electron chi connectivity index (χ4n) is 2.91. The number of hydrogen-bond donors (Lipinski definition) is 0. The second kappa shape index (κ2) is 5.26. The first-order chi connectivity index (χ1) is 9.24. The van der Waals surface area contributed by atoms with Gasteiger partial charge in [0.05, 0.1) is 7.11 Å². The average molecular weight is 273 g/mol. The van der Waals surface area contributed by atoms with E-state index in [9.17, 15) is 0 Å². The van der Waals surface area contributed by atoms with Gasteiger partial charge in [0.15, 0.2) is 0 Å². The van der Waals surface area contributed by atoms with Crippen molar-refractivity contribution in [2.45, 2.75) is 19.3 Å². The number of benzene rings is 2. The molecule has 0 bridgehead atoms. The van der Waals surface area contributed by atoms with Crippen LogP contribution in [-0.4, -0.2) is 7.11 Å². The number of halogens is 1. The van der Waals surface area contributed by atoms with Gasteiger partial charge in [-0.05, 0) is 66.1 Å². The van der Waals surface area contributed by atoms with Gasteiger partial charge in [-0.15, -0.1) is 0 Å². The minimum absolute atomic E-state index is 0.697. The van der Waals surface area contributed by atoms with E-state index in [1.165, 1.54) is 23.1 Å². The van der Waals surface area contributed by atoms with Gasteiger partial charge in [-0.3, -0.25) is 0 Å². The van der Waals surface area contributed by atoms with Crippen molar-refractivity contribution < 1.29 is 4.74 Å². The van der Waals surface area contributed by atoms with Crippen molar-refractivity contribution in [3.8, 4) is 5.75 Å². The summed E-state index contributed by atoms with van der Waals surface area (Å²) in [5, 5.41) is 0.809. The van der Waals surface area contributed by atoms with Gasteiger partial charge < -0.3 is 4.74 Å². The Hall–Kier alpha value is -1.47. The van der Waals surface area contributed by atoms with E-state index in [1.54, 1.807) is 7.11 Å². The predicted molar refractivity (Wildman–Crippen MR) is 79.0 cm³/mol. The third-order valence-corrected chi connectivity index (χ3v) is 4.12. The fraction of sp³-hybridized carbons (Fsp3) is 0.294. The summed E-state index contributed by atoms with van der Waals surface area (Å²) < 4.78 is 5.29. The molecule has 0 N–H and O–H groups in total. The van der Waals surface area contributed by atoms with Crippen LogP contribution in [0, 0.1) is 5.92 Å². The first-order valence-electron chi connectivity index (χ1n) is 6.65. The first-order valence-corrected chi connectivity index (χ1v) is 7.02. The molecule has 2 aromatic rings. The van der Waals surface area contributed by atoms with Crippen LogP contribution in [0.3, 0.4) is 0 Å². The lowest BCUT2D eigenvalue weighted by molar-refractivity contribution is 0.414. The third-order valence-electron chi connectivity index (χ3n) is 3.87. The van der Waals surface area contributed by atoms with Gasteiger partial charge in [0.25, 0.3) is 0 Å². The molecule has 1 unspecified atom stereocenters. The van der Waals surface area contributed by atoms with Crippen molar-refractivity contribution in [1.82, 2.24) is 0 Å². The second-order valence-corrected chi connectivity index (χ2v) is 5.68. The molecule has 0 saturated carbocycles. The molecule has 0 aliphatic heterocycles. The molecule has 98 valence electrons. The molecule has 0 fully saturated rings. The van der Waals surface area contributed by atoms with Crippen molar-refractivity contribution in [2.75, 3.05) is 7.11 Å². The monoisotopic (exact) mass is 272 g/mol. The summed E-state index contributed by atoms with van der Waals surface area (Å²) in [4.78, 5) is 0. The molecule has 0 spiro atoms. The van der Waals surface area contributed by atoms with Crippen LogP contribution in [0.2, 0.25) is 5.02 Å². The van der Waals surface area contributed by atoms with Gasteiger partial charge in [0, 0.05) is 5.02 Å². The largest absolute Gasteiger partial charge is 0.497 e. The highest BCUT2D eigenvalue weighted by atomic mass is 35.5. The topological polar surface area (TPSA) is 9.23 Å². The number of methoxy groups -OCH3 is 1. The molecule has 2 aromatic carbocycles. The van der Waals surface area contributed by atoms with Crippen molar-refractivity contribution >= 4 is 11.6 Å². The molecular weight excluding hydrogens is 256 g/mol. The molecule has 0 heterocycles. The van der Waals surface area contributed by atoms with E-state index in [0.29, 0.717) is 5.92 Å². The normalized spacial score (nSPS) is 17.3. The van der Waals surface area contributed by atoms with Gasteiger partial charge in [-0.1, -0.05) is 29.8 Å². The molecule has 0 aromatic heterocycles. The van der Waals surface area contributed by atoms with E-state index in [4.69, 9.17) is 16.3 Å². The summed E-state index contributed by atoms with van der Waals surface area (Å²) >= 11 is 5.92. The molecule has 1 aliphatic rings. The minimum Gasteiger partial charge on any atom is -0.497 e. The van der Waals surface area contributed by atoms with Gasteiger partial charge >= 0.3 is 0 Å². The highest BCUT2D eigenvalue weighted by Gasteiger charge is 2.21. The number of fused-ring (bicyclic) bond motifs is 1. The molecule has 19 heavy (non-hydrogen) atoms. The van der Waals surface area contributed by atoms with Gasteiger partial charge in [0.2, 0.25) is 0 Å². The summed E-state index contributed by atoms with van der Waals surface area (Å²) in [6, 6.07) is 14.7. The quantitative estimate of drug-likeness (QED) is 0.809. The smallest absolute Gasteiger partial charge is 0.119 e. The third kappa shape index (κ3) is 2.76. The lowest BCUT2D eigenvalue weighted by Crippen LogP contribution is -2.03. The van der Waals surface area contributed by atoms with Crippen LogP contribution < -0.4 is 4.74 Å². The number of ether oxygens (including phenoxy) is 1. The van der Waals surface area contributed by atoms with E-state index in [1.807, 2.05) is 12.1 Å². The summed E-state index contributed by atoms with van der Waals surface area (Å²) in [7, 11) is 1.72. The Kier molecular flexibility index (Phi) is 3.48. The molecule has 1 aliphatic carbocycles. The molecule has 3 rings (SSSR count). The minimum atomic E-state index is 0.697. The molecule has 0 radical (unpaired) electrons. The Morgan fingerprint density at radius 1 is 1.05 bits per heavy atom. The molecule has 2 heteroatoms. The summed E-state index contributed by atoms with van der Waals surface area (Å²) in [5.41, 5.74) is 4.28. The van der Waals surface area contributed by atoms with Crippen LogP contribution in [0.25, 0.3) is 0 Å². The average Bonchev–Trinajstić information content (AvgIpc) is 2.82. The number of rotatable bonds is 3. The lowest BCUT2D eigenvalue weighted by Gasteiger charge is -2.08. The Bertz CT molecular complexity index is 574. The second-order valence-electron chi connectivity index (χ2n) is 5.24. The van der Waals surface area contributed by atoms with E-state index >= 15 is 0 Å². The van der Waals surface area contributed by atoms with E-state index in [2.05, 4.69) is 30.3 Å². The van der Waals surface area contributed by atoms with Crippen LogP contribution in [-0.2, 0) is 19.3 Å². The van der Waals surface area contributed by atoms with Gasteiger partial charge in [-0.2, -0.15) is 0 Å². The number of hydrogen-bond acceptors (Lipinski definition) is 1. The van der Waals surface area contributed by atoms with Crippen LogP contribution in [0.5, 0.6) is 5.75 Å². The Morgan fingerprint density at radius 3 is 2.53 bits per heavy atom. The van der Waals surface area contributed by atoms with Crippen LogP contribution in [0.4, 0.5) is 0 Å². The Balaban J connectivity index is 1.71. The molecule has 0 saturated heterocycles. The zero-order chi connectivity index (χ0) is 13.2. The standard InChI is InChI=1S/C17H17ClO/c1-19-17-7-4-14-9-13(10-15(14)11-17)8-12-2-5-16(18)6-3-12/h2-7,11,13H,8-10H2,1H3. The maximum Gasteiger partial charge on any atom is 0.119 e. The lowest BCUT2D eigenvalue weighted by atomic mass is 9.97. The summed E-state index contributed by atoms with van der Waals surface area (Å²) in [5.74, 6) is 1.66. The van der Waals surface area contributed by atoms with Crippen LogP contribution in [0.1, 0.15) is 16.7 Å². The van der Waals surface area contributed by atoms with Crippen LogP contribution in [0.15, 0.2) is 42.5 Å². The Labute approximate surface area is 119 Å². The SMILES string of the molecule is COc1ccc2c(c1)CC(Cc1ccc(Cl)cc1)C2. The highest BCUT2D eigenvalue weighted by molar-refractivity contribution is 6.30. The molecule has 0 amide bonds. The van der Waals surface area contributed by atoms with Crippen LogP contribution >= 0.6 is 11.6 Å².